The zero-order chi connectivity index (χ0) is 20.1. The van der Waals surface area contributed by atoms with E-state index >= 15 is 0 Å². The van der Waals surface area contributed by atoms with Crippen molar-refractivity contribution in [3.05, 3.63) is 121 Å². The van der Waals surface area contributed by atoms with Gasteiger partial charge in [0.05, 0.1) is 22.7 Å². The number of anilines is 4. The zero-order valence-electron chi connectivity index (χ0n) is 15.7. The highest BCUT2D eigenvalue weighted by molar-refractivity contribution is 7.62. The highest BCUT2D eigenvalue weighted by Crippen LogP contribution is 2.60. The first-order valence-corrected chi connectivity index (χ1v) is 10.9. The molecule has 0 saturated heterocycles. The lowest BCUT2D eigenvalue weighted by atomic mass is 10.3. The van der Waals surface area contributed by atoms with Crippen molar-refractivity contribution in [1.82, 2.24) is 0 Å². The van der Waals surface area contributed by atoms with Crippen molar-refractivity contribution < 1.29 is 9.46 Å². The Hall–Kier alpha value is -3.33. The zero-order valence-corrected chi connectivity index (χ0v) is 16.6. The summed E-state index contributed by atoms with van der Waals surface area (Å²) in [6, 6.07) is 37.2. The lowest BCUT2D eigenvalue weighted by Gasteiger charge is -2.37. The van der Waals surface area contributed by atoms with Crippen molar-refractivity contribution in [2.45, 2.75) is 0 Å². The fourth-order valence-corrected chi connectivity index (χ4v) is 5.18. The van der Waals surface area contributed by atoms with E-state index in [1.54, 1.807) is 0 Å². The van der Waals surface area contributed by atoms with Crippen LogP contribution in [0.5, 0.6) is 0 Å². The summed E-state index contributed by atoms with van der Waals surface area (Å²) in [6.45, 7) is 0. The maximum Gasteiger partial charge on any atom is 0.403 e. The number of para-hydroxylation sites is 4. The molecule has 0 spiro atoms. The van der Waals surface area contributed by atoms with Gasteiger partial charge in [0.2, 0.25) is 0 Å². The van der Waals surface area contributed by atoms with Gasteiger partial charge in [-0.25, -0.2) is 4.57 Å². The van der Waals surface area contributed by atoms with Crippen LogP contribution in [-0.4, -0.2) is 4.89 Å². The van der Waals surface area contributed by atoms with Crippen LogP contribution in [0.15, 0.2) is 121 Å². The van der Waals surface area contributed by atoms with Gasteiger partial charge in [0.15, 0.2) is 0 Å². The van der Waals surface area contributed by atoms with E-state index in [-0.39, 0.29) is 0 Å². The normalized spacial score (nSPS) is 11.1. The van der Waals surface area contributed by atoms with E-state index in [1.165, 1.54) is 9.34 Å². The maximum atomic E-state index is 14.2. The Bertz CT molecular complexity index is 925. The molecule has 4 rings (SSSR count). The molecule has 0 amide bonds. The topological polar surface area (TPSA) is 43.8 Å². The molecule has 0 aliphatic rings. The van der Waals surface area contributed by atoms with Gasteiger partial charge in [0.25, 0.3) is 0 Å². The average Bonchev–Trinajstić information content (AvgIpc) is 2.77. The van der Waals surface area contributed by atoms with E-state index in [0.717, 1.165) is 0 Å². The Morgan fingerprint density at radius 2 is 0.655 bits per heavy atom. The highest BCUT2D eigenvalue weighted by atomic mass is 31.2. The van der Waals surface area contributed by atoms with Crippen molar-refractivity contribution in [2.75, 3.05) is 9.34 Å². The molecule has 0 bridgehead atoms. The Balaban J connectivity index is 1.93. The fourth-order valence-electron chi connectivity index (χ4n) is 3.27. The summed E-state index contributed by atoms with van der Waals surface area (Å²) in [6.07, 6.45) is 0. The second-order valence-corrected chi connectivity index (χ2v) is 8.31. The van der Waals surface area contributed by atoms with Crippen LogP contribution in [-0.2, 0) is 4.57 Å². The minimum Gasteiger partial charge on any atom is -0.313 e. The second-order valence-electron chi connectivity index (χ2n) is 6.48. The van der Waals surface area contributed by atoms with E-state index in [9.17, 15) is 9.46 Å². The molecule has 4 aromatic rings. The monoisotopic (exact) mass is 400 g/mol. The summed E-state index contributed by atoms with van der Waals surface area (Å²) >= 11 is 0. The quantitative estimate of drug-likeness (QED) is 0.363. The first kappa shape index (κ1) is 19.0. The smallest absolute Gasteiger partial charge is 0.313 e. The first-order chi connectivity index (χ1) is 14.2. The minimum atomic E-state index is -4.13. The van der Waals surface area contributed by atoms with Gasteiger partial charge >= 0.3 is 7.67 Å². The molecule has 4 aromatic carbocycles. The number of hydrogen-bond acceptors (Lipinski definition) is 1. The minimum absolute atomic E-state index is 0.640. The summed E-state index contributed by atoms with van der Waals surface area (Å²) in [5, 5.41) is 0. The SMILES string of the molecule is O=P(O)(N(c1ccccc1)c1ccccc1)N(c1ccccc1)c1ccccc1. The average molecular weight is 400 g/mol. The largest absolute Gasteiger partial charge is 0.403 e. The van der Waals surface area contributed by atoms with Gasteiger partial charge in [-0.3, -0.25) is 9.34 Å². The fraction of sp³-hybridized carbons (Fsp3) is 0. The Morgan fingerprint density at radius 3 is 0.862 bits per heavy atom. The number of nitrogens with zero attached hydrogens (tertiary/aromatic N) is 2. The van der Waals surface area contributed by atoms with Crippen LogP contribution in [0, 0.1) is 0 Å². The molecule has 0 saturated carbocycles. The molecule has 5 heteroatoms. The van der Waals surface area contributed by atoms with Gasteiger partial charge in [0, 0.05) is 0 Å². The van der Waals surface area contributed by atoms with E-state index in [2.05, 4.69) is 0 Å². The van der Waals surface area contributed by atoms with Crippen LogP contribution in [0.1, 0.15) is 0 Å². The number of benzene rings is 4. The Labute approximate surface area is 170 Å². The molecule has 0 unspecified atom stereocenters. The molecule has 0 atom stereocenters. The molecule has 29 heavy (non-hydrogen) atoms. The summed E-state index contributed by atoms with van der Waals surface area (Å²) in [7, 11) is -4.13. The van der Waals surface area contributed by atoms with E-state index in [4.69, 9.17) is 0 Å². The van der Waals surface area contributed by atoms with Gasteiger partial charge < -0.3 is 4.89 Å². The van der Waals surface area contributed by atoms with Crippen molar-refractivity contribution in [3.63, 3.8) is 0 Å². The van der Waals surface area contributed by atoms with Crippen LogP contribution in [0.25, 0.3) is 0 Å². The molecular formula is C24H21N2O2P. The molecule has 144 valence electrons. The predicted molar refractivity (Wildman–Crippen MR) is 120 cm³/mol. The predicted octanol–water partition coefficient (Wildman–Crippen LogP) is 6.76. The molecule has 0 aliphatic heterocycles. The van der Waals surface area contributed by atoms with E-state index < -0.39 is 7.67 Å². The van der Waals surface area contributed by atoms with Gasteiger partial charge in [-0.05, 0) is 48.5 Å². The van der Waals surface area contributed by atoms with Crippen molar-refractivity contribution in [1.29, 1.82) is 0 Å². The molecule has 0 heterocycles. The lowest BCUT2D eigenvalue weighted by molar-refractivity contribution is 0.478. The number of hydrogen-bond donors (Lipinski definition) is 1. The van der Waals surface area contributed by atoms with Gasteiger partial charge in [-0.15, -0.1) is 0 Å². The van der Waals surface area contributed by atoms with Gasteiger partial charge in [0.1, 0.15) is 0 Å². The third kappa shape index (κ3) is 3.95. The van der Waals surface area contributed by atoms with Crippen LogP contribution in [0.3, 0.4) is 0 Å². The summed E-state index contributed by atoms with van der Waals surface area (Å²) in [5.41, 5.74) is 2.56. The standard InChI is InChI=1S/C24H21N2O2P/c27-29(28,25(21-13-5-1-6-14-21)22-15-7-2-8-16-22)26(23-17-9-3-10-18-23)24-19-11-4-12-20-24/h1-20H,(H,27,28). The molecule has 0 aromatic heterocycles. The maximum absolute atomic E-state index is 14.2. The van der Waals surface area contributed by atoms with Crippen molar-refractivity contribution in [2.24, 2.45) is 0 Å². The molecular weight excluding hydrogens is 379 g/mol. The molecule has 4 nitrogen and oxygen atoms in total. The van der Waals surface area contributed by atoms with Crippen LogP contribution < -0.4 is 9.34 Å². The third-order valence-corrected chi connectivity index (χ3v) is 6.49. The van der Waals surface area contributed by atoms with Crippen LogP contribution in [0.4, 0.5) is 22.7 Å². The molecule has 0 aliphatic carbocycles. The molecule has 1 N–H and O–H groups in total. The Morgan fingerprint density at radius 1 is 0.448 bits per heavy atom. The highest BCUT2D eigenvalue weighted by Gasteiger charge is 2.38. The van der Waals surface area contributed by atoms with E-state index in [0.29, 0.717) is 22.7 Å². The van der Waals surface area contributed by atoms with Gasteiger partial charge in [-0.2, -0.15) is 0 Å². The van der Waals surface area contributed by atoms with E-state index in [1.807, 2.05) is 121 Å². The van der Waals surface area contributed by atoms with Crippen molar-refractivity contribution in [3.8, 4) is 0 Å². The summed E-state index contributed by atoms with van der Waals surface area (Å²) in [4.78, 5) is 11.7. The third-order valence-electron chi connectivity index (χ3n) is 4.52. The molecule has 0 radical (unpaired) electrons. The first-order valence-electron chi connectivity index (χ1n) is 9.32. The second kappa shape index (κ2) is 8.36. The van der Waals surface area contributed by atoms with Crippen LogP contribution in [0.2, 0.25) is 0 Å². The molecule has 0 fully saturated rings. The van der Waals surface area contributed by atoms with Gasteiger partial charge in [-0.1, -0.05) is 72.8 Å². The summed E-state index contributed by atoms with van der Waals surface area (Å²) in [5.74, 6) is 0. The lowest BCUT2D eigenvalue weighted by Crippen LogP contribution is -2.25. The Kier molecular flexibility index (Phi) is 5.48. The summed E-state index contributed by atoms with van der Waals surface area (Å²) < 4.78 is 17.2. The van der Waals surface area contributed by atoms with Crippen LogP contribution >= 0.6 is 7.67 Å². The van der Waals surface area contributed by atoms with Crippen molar-refractivity contribution >= 4 is 30.4 Å². The number of rotatable bonds is 6.